The van der Waals surface area contributed by atoms with Gasteiger partial charge in [0.1, 0.15) is 6.61 Å². The molecule has 4 heteroatoms. The van der Waals surface area contributed by atoms with E-state index in [0.717, 1.165) is 16.7 Å². The van der Waals surface area contributed by atoms with Crippen molar-refractivity contribution in [3.63, 3.8) is 0 Å². The predicted octanol–water partition coefficient (Wildman–Crippen LogP) is 3.39. The number of nitrogens with one attached hydrogen (secondary N) is 1. The second kappa shape index (κ2) is 6.48. The molecule has 3 nitrogen and oxygen atoms in total. The standard InChI is InChI=1S/C16H19FN2O/c1-11-6-13(9-19-8-11)10-20-16-5-4-14(7-15(16)17)12(2)18-3/h4-9,12,18H,10H2,1-3H3. The third kappa shape index (κ3) is 3.54. The second-order valence-electron chi connectivity index (χ2n) is 4.86. The molecule has 1 aromatic heterocycles. The van der Waals surface area contributed by atoms with Gasteiger partial charge in [0.15, 0.2) is 11.6 Å². The third-order valence-electron chi connectivity index (χ3n) is 3.21. The molecular weight excluding hydrogens is 255 g/mol. The Morgan fingerprint density at radius 3 is 2.75 bits per heavy atom. The number of hydrogen-bond donors (Lipinski definition) is 1. The molecule has 0 aliphatic rings. The zero-order chi connectivity index (χ0) is 14.5. The summed E-state index contributed by atoms with van der Waals surface area (Å²) in [6.45, 7) is 4.26. The minimum atomic E-state index is -0.342. The summed E-state index contributed by atoms with van der Waals surface area (Å²) in [4.78, 5) is 4.09. The Kier molecular flexibility index (Phi) is 4.69. The van der Waals surface area contributed by atoms with E-state index in [0.29, 0.717) is 6.61 Å². The number of aryl methyl sites for hydroxylation is 1. The van der Waals surface area contributed by atoms with E-state index >= 15 is 0 Å². The Morgan fingerprint density at radius 1 is 1.30 bits per heavy atom. The van der Waals surface area contributed by atoms with Crippen molar-refractivity contribution in [1.29, 1.82) is 0 Å². The number of hydrogen-bond acceptors (Lipinski definition) is 3. The topological polar surface area (TPSA) is 34.1 Å². The molecule has 0 aliphatic heterocycles. The molecule has 0 spiro atoms. The smallest absolute Gasteiger partial charge is 0.165 e. The zero-order valence-electron chi connectivity index (χ0n) is 12.0. The third-order valence-corrected chi connectivity index (χ3v) is 3.21. The Bertz CT molecular complexity index is 586. The molecule has 20 heavy (non-hydrogen) atoms. The normalized spacial score (nSPS) is 12.2. The van der Waals surface area contributed by atoms with Gasteiger partial charge < -0.3 is 10.1 Å². The highest BCUT2D eigenvalue weighted by molar-refractivity contribution is 5.31. The maximum absolute atomic E-state index is 14.0. The summed E-state index contributed by atoms with van der Waals surface area (Å²) in [5.74, 6) is -0.0798. The van der Waals surface area contributed by atoms with E-state index in [1.54, 1.807) is 18.5 Å². The largest absolute Gasteiger partial charge is 0.486 e. The Hall–Kier alpha value is -1.94. The van der Waals surface area contributed by atoms with Crippen LogP contribution in [0.1, 0.15) is 29.7 Å². The van der Waals surface area contributed by atoms with E-state index in [4.69, 9.17) is 4.74 Å². The van der Waals surface area contributed by atoms with Crippen LogP contribution in [0.2, 0.25) is 0 Å². The predicted molar refractivity (Wildman–Crippen MR) is 77.2 cm³/mol. The first-order chi connectivity index (χ1) is 9.60. The van der Waals surface area contributed by atoms with Gasteiger partial charge in [0, 0.05) is 24.0 Å². The highest BCUT2D eigenvalue weighted by atomic mass is 19.1. The average Bonchev–Trinajstić information content (AvgIpc) is 2.45. The van der Waals surface area contributed by atoms with Gasteiger partial charge in [0.25, 0.3) is 0 Å². The van der Waals surface area contributed by atoms with Crippen LogP contribution in [0.4, 0.5) is 4.39 Å². The summed E-state index contributed by atoms with van der Waals surface area (Å²) in [5.41, 5.74) is 2.89. The first kappa shape index (κ1) is 14.5. The number of benzene rings is 1. The molecule has 106 valence electrons. The number of ether oxygens (including phenoxy) is 1. The van der Waals surface area contributed by atoms with E-state index in [-0.39, 0.29) is 17.6 Å². The van der Waals surface area contributed by atoms with Gasteiger partial charge in [-0.05, 0) is 50.2 Å². The highest BCUT2D eigenvalue weighted by Crippen LogP contribution is 2.22. The monoisotopic (exact) mass is 274 g/mol. The molecule has 1 heterocycles. The molecule has 0 aliphatic carbocycles. The van der Waals surface area contributed by atoms with Gasteiger partial charge >= 0.3 is 0 Å². The van der Waals surface area contributed by atoms with E-state index in [9.17, 15) is 4.39 Å². The van der Waals surface area contributed by atoms with Crippen molar-refractivity contribution in [1.82, 2.24) is 10.3 Å². The fourth-order valence-corrected chi connectivity index (χ4v) is 1.93. The fourth-order valence-electron chi connectivity index (χ4n) is 1.93. The molecule has 0 bridgehead atoms. The molecular formula is C16H19FN2O. The summed E-state index contributed by atoms with van der Waals surface area (Å²) in [7, 11) is 1.84. The summed E-state index contributed by atoms with van der Waals surface area (Å²) in [6.07, 6.45) is 3.50. The van der Waals surface area contributed by atoms with Crippen LogP contribution >= 0.6 is 0 Å². The molecule has 0 amide bonds. The fraction of sp³-hybridized carbons (Fsp3) is 0.312. The van der Waals surface area contributed by atoms with Crippen molar-refractivity contribution in [2.24, 2.45) is 0 Å². The van der Waals surface area contributed by atoms with Crippen molar-refractivity contribution in [3.8, 4) is 5.75 Å². The lowest BCUT2D eigenvalue weighted by molar-refractivity contribution is 0.289. The van der Waals surface area contributed by atoms with Gasteiger partial charge in [-0.15, -0.1) is 0 Å². The second-order valence-corrected chi connectivity index (χ2v) is 4.86. The van der Waals surface area contributed by atoms with Crippen LogP contribution in [-0.2, 0) is 6.61 Å². The summed E-state index contributed by atoms with van der Waals surface area (Å²) in [5, 5.41) is 3.08. The first-order valence-electron chi connectivity index (χ1n) is 6.60. The molecule has 2 rings (SSSR count). The van der Waals surface area contributed by atoms with Gasteiger partial charge in [0.2, 0.25) is 0 Å². The quantitative estimate of drug-likeness (QED) is 0.907. The maximum Gasteiger partial charge on any atom is 0.165 e. The number of rotatable bonds is 5. The zero-order valence-corrected chi connectivity index (χ0v) is 12.0. The van der Waals surface area contributed by atoms with Crippen LogP contribution in [0.5, 0.6) is 5.75 Å². The minimum absolute atomic E-state index is 0.111. The SMILES string of the molecule is CNC(C)c1ccc(OCc2cncc(C)c2)c(F)c1. The van der Waals surface area contributed by atoms with Crippen LogP contribution < -0.4 is 10.1 Å². The minimum Gasteiger partial charge on any atom is -0.486 e. The number of halogens is 1. The van der Waals surface area contributed by atoms with Crippen molar-refractivity contribution in [2.45, 2.75) is 26.5 Å². The average molecular weight is 274 g/mol. The van der Waals surface area contributed by atoms with Crippen LogP contribution in [0, 0.1) is 12.7 Å². The number of aromatic nitrogens is 1. The van der Waals surface area contributed by atoms with Crippen LogP contribution in [-0.4, -0.2) is 12.0 Å². The molecule has 0 fully saturated rings. The lowest BCUT2D eigenvalue weighted by Gasteiger charge is -2.13. The summed E-state index contributed by atoms with van der Waals surface area (Å²) >= 11 is 0. The van der Waals surface area contributed by atoms with Gasteiger partial charge in [-0.25, -0.2) is 4.39 Å². The molecule has 1 unspecified atom stereocenters. The van der Waals surface area contributed by atoms with Gasteiger partial charge in [-0.2, -0.15) is 0 Å². The number of pyridine rings is 1. The summed E-state index contributed by atoms with van der Waals surface area (Å²) in [6, 6.07) is 7.13. The Balaban J connectivity index is 2.07. The molecule has 1 N–H and O–H groups in total. The van der Waals surface area contributed by atoms with Crippen molar-refractivity contribution < 1.29 is 9.13 Å². The lowest BCUT2D eigenvalue weighted by atomic mass is 10.1. The van der Waals surface area contributed by atoms with Crippen molar-refractivity contribution in [2.75, 3.05) is 7.05 Å². The lowest BCUT2D eigenvalue weighted by Crippen LogP contribution is -2.12. The molecule has 2 aromatic rings. The molecule has 1 atom stereocenters. The maximum atomic E-state index is 14.0. The summed E-state index contributed by atoms with van der Waals surface area (Å²) < 4.78 is 19.5. The number of nitrogens with zero attached hydrogens (tertiary/aromatic N) is 1. The Labute approximate surface area is 118 Å². The highest BCUT2D eigenvalue weighted by Gasteiger charge is 2.09. The van der Waals surface area contributed by atoms with E-state index in [2.05, 4.69) is 10.3 Å². The van der Waals surface area contributed by atoms with Crippen LogP contribution in [0.15, 0.2) is 36.7 Å². The van der Waals surface area contributed by atoms with Gasteiger partial charge in [-0.1, -0.05) is 6.07 Å². The molecule has 1 aromatic carbocycles. The van der Waals surface area contributed by atoms with E-state index in [1.807, 2.05) is 33.0 Å². The first-order valence-corrected chi connectivity index (χ1v) is 6.60. The van der Waals surface area contributed by atoms with Crippen LogP contribution in [0.25, 0.3) is 0 Å². The Morgan fingerprint density at radius 2 is 2.10 bits per heavy atom. The van der Waals surface area contributed by atoms with Crippen molar-refractivity contribution >= 4 is 0 Å². The molecule has 0 saturated heterocycles. The van der Waals surface area contributed by atoms with Gasteiger partial charge in [-0.3, -0.25) is 4.98 Å². The van der Waals surface area contributed by atoms with E-state index in [1.165, 1.54) is 6.07 Å². The van der Waals surface area contributed by atoms with E-state index < -0.39 is 0 Å². The van der Waals surface area contributed by atoms with Gasteiger partial charge in [0.05, 0.1) is 0 Å². The van der Waals surface area contributed by atoms with Crippen LogP contribution in [0.3, 0.4) is 0 Å². The molecule has 0 radical (unpaired) electrons. The molecule has 0 saturated carbocycles. The van der Waals surface area contributed by atoms with Crippen molar-refractivity contribution in [3.05, 3.63) is 59.2 Å².